The Hall–Kier alpha value is -2.72. The van der Waals surface area contributed by atoms with Crippen molar-refractivity contribution in [3.8, 4) is 5.75 Å². The first kappa shape index (κ1) is 19.1. The molecule has 1 aromatic heterocycles. The van der Waals surface area contributed by atoms with Crippen LogP contribution in [0.1, 0.15) is 17.0 Å². The predicted molar refractivity (Wildman–Crippen MR) is 104 cm³/mol. The highest BCUT2D eigenvalue weighted by molar-refractivity contribution is 8.18. The first-order valence-electron chi connectivity index (χ1n) is 7.94. The van der Waals surface area contributed by atoms with E-state index >= 15 is 0 Å². The maximum atomic E-state index is 12.5. The number of hydrogen-bond acceptors (Lipinski definition) is 8. The standard InChI is InChI=1S/C17H16N4O4S2/c1-10-19-20-16(26-10)18-17-21(2)15(24)13(27-17)9-11-5-3-4-6-12(11)25-8-7-14(22)23/h3-6,9H,7-8H2,1-2H3,(H,22,23)/b13-9+,18-17+. The van der Waals surface area contributed by atoms with Gasteiger partial charge >= 0.3 is 5.97 Å². The number of aryl methyl sites for hydroxylation is 1. The third-order valence-corrected chi connectivity index (χ3v) is 5.28. The Bertz CT molecular complexity index is 939. The molecule has 1 N–H and O–H groups in total. The zero-order valence-corrected chi connectivity index (χ0v) is 16.2. The third-order valence-electron chi connectivity index (χ3n) is 3.49. The van der Waals surface area contributed by atoms with E-state index < -0.39 is 5.97 Å². The highest BCUT2D eigenvalue weighted by Crippen LogP contribution is 2.35. The SMILES string of the molecule is Cc1nnc(/N=C2/S/C(=C/c3ccccc3OCCC(=O)O)C(=O)N2C)s1. The van der Waals surface area contributed by atoms with Crippen molar-refractivity contribution in [2.24, 2.45) is 4.99 Å². The molecule has 0 atom stereocenters. The monoisotopic (exact) mass is 404 g/mol. The number of aliphatic imine (C=N–C) groups is 1. The molecule has 10 heteroatoms. The summed E-state index contributed by atoms with van der Waals surface area (Å²) < 4.78 is 5.54. The molecule has 0 unspecified atom stereocenters. The zero-order chi connectivity index (χ0) is 19.4. The van der Waals surface area contributed by atoms with Crippen molar-refractivity contribution in [2.75, 3.05) is 13.7 Å². The molecule has 0 bridgehead atoms. The molecule has 2 aromatic rings. The number of amidine groups is 1. The van der Waals surface area contributed by atoms with Crippen molar-refractivity contribution >= 4 is 51.4 Å². The molecule has 27 heavy (non-hydrogen) atoms. The molecule has 0 radical (unpaired) electrons. The smallest absolute Gasteiger partial charge is 0.306 e. The highest BCUT2D eigenvalue weighted by Gasteiger charge is 2.31. The van der Waals surface area contributed by atoms with Gasteiger partial charge in [-0.1, -0.05) is 29.5 Å². The van der Waals surface area contributed by atoms with Crippen molar-refractivity contribution in [1.29, 1.82) is 0 Å². The second-order valence-electron chi connectivity index (χ2n) is 5.50. The van der Waals surface area contributed by atoms with Gasteiger partial charge in [0.2, 0.25) is 5.13 Å². The number of carboxylic acid groups (broad SMARTS) is 1. The Balaban J connectivity index is 1.82. The molecule has 1 aromatic carbocycles. The van der Waals surface area contributed by atoms with Crippen molar-refractivity contribution in [2.45, 2.75) is 13.3 Å². The molecule has 2 heterocycles. The number of likely N-dealkylation sites (N-methyl/N-ethyl adjacent to an activating group) is 1. The van der Waals surface area contributed by atoms with Crippen molar-refractivity contribution in [1.82, 2.24) is 15.1 Å². The minimum Gasteiger partial charge on any atom is -0.492 e. The Morgan fingerprint density at radius 1 is 1.37 bits per heavy atom. The van der Waals surface area contributed by atoms with Gasteiger partial charge in [-0.05, 0) is 30.8 Å². The van der Waals surface area contributed by atoms with Gasteiger partial charge in [-0.3, -0.25) is 14.5 Å². The van der Waals surface area contributed by atoms with Crippen molar-refractivity contribution in [3.63, 3.8) is 0 Å². The summed E-state index contributed by atoms with van der Waals surface area (Å²) in [5.74, 6) is -0.588. The molecular weight excluding hydrogens is 388 g/mol. The molecule has 8 nitrogen and oxygen atoms in total. The average molecular weight is 404 g/mol. The van der Waals surface area contributed by atoms with Gasteiger partial charge in [0.15, 0.2) is 5.17 Å². The molecule has 1 fully saturated rings. The lowest BCUT2D eigenvalue weighted by Gasteiger charge is -2.08. The summed E-state index contributed by atoms with van der Waals surface area (Å²) in [4.78, 5) is 29.5. The zero-order valence-electron chi connectivity index (χ0n) is 14.6. The number of aromatic nitrogens is 2. The van der Waals surface area contributed by atoms with Crippen LogP contribution < -0.4 is 4.74 Å². The van der Waals surface area contributed by atoms with Crippen LogP contribution >= 0.6 is 23.1 Å². The number of amides is 1. The van der Waals surface area contributed by atoms with Crippen LogP contribution in [-0.2, 0) is 9.59 Å². The number of carbonyl (C=O) groups excluding carboxylic acids is 1. The topological polar surface area (TPSA) is 105 Å². The minimum absolute atomic E-state index is 0.0552. The van der Waals surface area contributed by atoms with E-state index in [1.807, 2.05) is 13.0 Å². The van der Waals surface area contributed by atoms with Crippen LogP contribution in [0.15, 0.2) is 34.2 Å². The molecule has 0 saturated carbocycles. The quantitative estimate of drug-likeness (QED) is 0.738. The summed E-state index contributed by atoms with van der Waals surface area (Å²) >= 11 is 2.59. The minimum atomic E-state index is -0.929. The normalized spacial score (nSPS) is 17.1. The number of carbonyl (C=O) groups is 2. The van der Waals surface area contributed by atoms with Gasteiger partial charge in [0, 0.05) is 12.6 Å². The largest absolute Gasteiger partial charge is 0.492 e. The van der Waals surface area contributed by atoms with E-state index in [1.165, 1.54) is 28.0 Å². The van der Waals surface area contributed by atoms with E-state index in [0.29, 0.717) is 26.5 Å². The number of ether oxygens (including phenoxy) is 1. The first-order valence-corrected chi connectivity index (χ1v) is 9.57. The Labute approximate surface area is 163 Å². The van der Waals surface area contributed by atoms with E-state index in [9.17, 15) is 9.59 Å². The molecule has 1 aliphatic heterocycles. The van der Waals surface area contributed by atoms with Gasteiger partial charge in [0.25, 0.3) is 5.91 Å². The third kappa shape index (κ3) is 4.72. The van der Waals surface area contributed by atoms with Crippen LogP contribution in [0.25, 0.3) is 6.08 Å². The van der Waals surface area contributed by atoms with Gasteiger partial charge in [0.05, 0.1) is 17.9 Å². The number of benzene rings is 1. The number of nitrogens with zero attached hydrogens (tertiary/aromatic N) is 4. The second-order valence-corrected chi connectivity index (χ2v) is 7.67. The molecule has 1 saturated heterocycles. The summed E-state index contributed by atoms with van der Waals surface area (Å²) in [6.45, 7) is 1.89. The van der Waals surface area contributed by atoms with E-state index in [0.717, 1.165) is 5.01 Å². The van der Waals surface area contributed by atoms with E-state index in [1.54, 1.807) is 31.3 Å². The summed E-state index contributed by atoms with van der Waals surface area (Å²) in [6.07, 6.45) is 1.62. The molecule has 140 valence electrons. The van der Waals surface area contributed by atoms with Crippen LogP contribution in [0.3, 0.4) is 0 Å². The Morgan fingerprint density at radius 3 is 2.85 bits per heavy atom. The maximum Gasteiger partial charge on any atom is 0.306 e. The molecule has 3 rings (SSSR count). The van der Waals surface area contributed by atoms with Gasteiger partial charge < -0.3 is 9.84 Å². The van der Waals surface area contributed by atoms with E-state index in [2.05, 4.69) is 15.2 Å². The molecule has 1 amide bonds. The lowest BCUT2D eigenvalue weighted by Crippen LogP contribution is -2.23. The fourth-order valence-electron chi connectivity index (χ4n) is 2.19. The highest BCUT2D eigenvalue weighted by atomic mass is 32.2. The summed E-state index contributed by atoms with van der Waals surface area (Å²) in [7, 11) is 1.65. The van der Waals surface area contributed by atoms with E-state index in [-0.39, 0.29) is 18.9 Å². The van der Waals surface area contributed by atoms with Crippen molar-refractivity contribution < 1.29 is 19.4 Å². The first-order chi connectivity index (χ1) is 12.9. The van der Waals surface area contributed by atoms with Crippen LogP contribution in [0.4, 0.5) is 5.13 Å². The predicted octanol–water partition coefficient (Wildman–Crippen LogP) is 2.93. The lowest BCUT2D eigenvalue weighted by atomic mass is 10.2. The lowest BCUT2D eigenvalue weighted by molar-refractivity contribution is -0.137. The molecule has 1 aliphatic rings. The average Bonchev–Trinajstić information content (AvgIpc) is 3.15. The number of rotatable bonds is 6. The fraction of sp³-hybridized carbons (Fsp3) is 0.235. The number of hydrogen-bond donors (Lipinski definition) is 1. The number of para-hydroxylation sites is 1. The second kappa shape index (κ2) is 8.31. The molecule has 0 spiro atoms. The van der Waals surface area contributed by atoms with Crippen LogP contribution in [-0.4, -0.2) is 50.9 Å². The number of aliphatic carboxylic acids is 1. The van der Waals surface area contributed by atoms with Gasteiger partial charge in [-0.2, -0.15) is 4.99 Å². The molecule has 0 aliphatic carbocycles. The van der Waals surface area contributed by atoms with Gasteiger partial charge in [-0.25, -0.2) is 0 Å². The summed E-state index contributed by atoms with van der Waals surface area (Å²) in [5, 5.41) is 18.4. The maximum absolute atomic E-state index is 12.5. The number of carboxylic acids is 1. The molecular formula is C17H16N4O4S2. The Kier molecular flexibility index (Phi) is 5.87. The van der Waals surface area contributed by atoms with Gasteiger partial charge in [0.1, 0.15) is 10.8 Å². The number of thioether (sulfide) groups is 1. The summed E-state index contributed by atoms with van der Waals surface area (Å²) in [6, 6.07) is 7.16. The Morgan fingerprint density at radius 2 is 2.15 bits per heavy atom. The summed E-state index contributed by atoms with van der Waals surface area (Å²) in [5.41, 5.74) is 0.695. The van der Waals surface area contributed by atoms with Crippen molar-refractivity contribution in [3.05, 3.63) is 39.7 Å². The van der Waals surface area contributed by atoms with Crippen LogP contribution in [0.2, 0.25) is 0 Å². The van der Waals surface area contributed by atoms with Gasteiger partial charge in [-0.15, -0.1) is 10.2 Å². The van der Waals surface area contributed by atoms with Crippen LogP contribution in [0, 0.1) is 6.92 Å². The van der Waals surface area contributed by atoms with Crippen LogP contribution in [0.5, 0.6) is 5.75 Å². The van der Waals surface area contributed by atoms with E-state index in [4.69, 9.17) is 9.84 Å². The fourth-order valence-corrected chi connectivity index (χ4v) is 3.76.